The average Bonchev–Trinajstić information content (AvgIpc) is 2.63. The van der Waals surface area contributed by atoms with Crippen LogP contribution in [-0.2, 0) is 11.3 Å². The number of carbonyl (C=O) groups excluding carboxylic acids is 1. The Kier molecular flexibility index (Phi) is 4.86. The van der Waals surface area contributed by atoms with Crippen LogP contribution >= 0.6 is 0 Å². The first-order valence-corrected chi connectivity index (χ1v) is 7.63. The summed E-state index contributed by atoms with van der Waals surface area (Å²) in [6.07, 6.45) is 1.50. The number of nitrogens with one attached hydrogen (secondary N) is 1. The molecule has 1 aromatic heterocycles. The minimum absolute atomic E-state index is 0.0606. The monoisotopic (exact) mass is 323 g/mol. The first-order chi connectivity index (χ1) is 11.7. The molecule has 122 valence electrons. The van der Waals surface area contributed by atoms with Crippen molar-refractivity contribution < 1.29 is 9.53 Å². The molecule has 0 unspecified atom stereocenters. The molecule has 24 heavy (non-hydrogen) atoms. The fourth-order valence-electron chi connectivity index (χ4n) is 2.30. The van der Waals surface area contributed by atoms with Crippen LogP contribution in [0, 0.1) is 0 Å². The summed E-state index contributed by atoms with van der Waals surface area (Å²) >= 11 is 0. The van der Waals surface area contributed by atoms with Crippen molar-refractivity contribution in [3.63, 3.8) is 0 Å². The van der Waals surface area contributed by atoms with E-state index < -0.39 is 0 Å². The largest absolute Gasteiger partial charge is 0.484 e. The van der Waals surface area contributed by atoms with Crippen LogP contribution in [-0.4, -0.2) is 28.6 Å². The molecule has 1 N–H and O–H groups in total. The molecule has 1 heterocycles. The van der Waals surface area contributed by atoms with E-state index in [1.54, 1.807) is 30.3 Å². The van der Waals surface area contributed by atoms with E-state index >= 15 is 0 Å². The lowest BCUT2D eigenvalue weighted by Crippen LogP contribution is -2.33. The molecule has 6 nitrogen and oxygen atoms in total. The second-order valence-electron chi connectivity index (χ2n) is 5.21. The molecule has 0 atom stereocenters. The highest BCUT2D eigenvalue weighted by molar-refractivity contribution is 5.77. The quantitative estimate of drug-likeness (QED) is 0.748. The van der Waals surface area contributed by atoms with E-state index in [2.05, 4.69) is 10.3 Å². The third-order valence-corrected chi connectivity index (χ3v) is 3.52. The number of aromatic nitrogens is 2. The van der Waals surface area contributed by atoms with Gasteiger partial charge in [-0.2, -0.15) is 0 Å². The van der Waals surface area contributed by atoms with Crippen LogP contribution in [0.1, 0.15) is 0 Å². The van der Waals surface area contributed by atoms with Crippen LogP contribution in [0.15, 0.2) is 65.7 Å². The highest BCUT2D eigenvalue weighted by atomic mass is 16.5. The smallest absolute Gasteiger partial charge is 0.261 e. The van der Waals surface area contributed by atoms with Crippen molar-refractivity contribution >= 4 is 16.8 Å². The Balaban J connectivity index is 1.52. The first kappa shape index (κ1) is 15.7. The molecule has 0 aliphatic heterocycles. The second kappa shape index (κ2) is 7.41. The molecular weight excluding hydrogens is 306 g/mol. The van der Waals surface area contributed by atoms with Gasteiger partial charge in [0.05, 0.1) is 17.2 Å². The lowest BCUT2D eigenvalue weighted by Gasteiger charge is -2.09. The topological polar surface area (TPSA) is 73.2 Å². The predicted molar refractivity (Wildman–Crippen MR) is 90.9 cm³/mol. The summed E-state index contributed by atoms with van der Waals surface area (Å²) in [4.78, 5) is 28.3. The van der Waals surface area contributed by atoms with E-state index in [9.17, 15) is 9.59 Å². The molecule has 2 aromatic carbocycles. The zero-order chi connectivity index (χ0) is 16.8. The maximum atomic E-state index is 12.3. The Morgan fingerprint density at radius 3 is 2.67 bits per heavy atom. The minimum atomic E-state index is -0.236. The summed E-state index contributed by atoms with van der Waals surface area (Å²) in [5, 5.41) is 3.29. The Morgan fingerprint density at radius 1 is 1.08 bits per heavy atom. The molecule has 0 fully saturated rings. The standard InChI is InChI=1S/C18H17N3O3/c22-17(12-24-14-6-2-1-3-7-14)19-10-11-21-13-20-16-9-5-4-8-15(16)18(21)23/h1-9,13H,10-12H2,(H,19,22). The molecule has 0 radical (unpaired) electrons. The van der Waals surface area contributed by atoms with Crippen molar-refractivity contribution in [1.82, 2.24) is 14.9 Å². The van der Waals surface area contributed by atoms with Crippen molar-refractivity contribution in [1.29, 1.82) is 0 Å². The molecule has 0 aliphatic carbocycles. The van der Waals surface area contributed by atoms with Crippen LogP contribution < -0.4 is 15.6 Å². The van der Waals surface area contributed by atoms with E-state index in [-0.39, 0.29) is 18.1 Å². The van der Waals surface area contributed by atoms with Crippen molar-refractivity contribution in [2.75, 3.05) is 13.2 Å². The number of rotatable bonds is 6. The summed E-state index contributed by atoms with van der Waals surface area (Å²) < 4.78 is 6.85. The normalized spacial score (nSPS) is 10.5. The molecule has 3 aromatic rings. The molecular formula is C18H17N3O3. The zero-order valence-corrected chi connectivity index (χ0v) is 13.0. The van der Waals surface area contributed by atoms with Crippen LogP contribution in [0.5, 0.6) is 5.75 Å². The molecule has 0 aliphatic rings. The molecule has 0 saturated carbocycles. The Bertz CT molecular complexity index is 891. The van der Waals surface area contributed by atoms with Crippen molar-refractivity contribution in [3.05, 3.63) is 71.3 Å². The van der Waals surface area contributed by atoms with Crippen molar-refractivity contribution in [2.45, 2.75) is 6.54 Å². The number of hydrogen-bond acceptors (Lipinski definition) is 4. The maximum Gasteiger partial charge on any atom is 0.261 e. The van der Waals surface area contributed by atoms with E-state index in [0.29, 0.717) is 29.7 Å². The maximum absolute atomic E-state index is 12.3. The number of nitrogens with zero attached hydrogens (tertiary/aromatic N) is 2. The molecule has 1 amide bonds. The number of para-hydroxylation sites is 2. The summed E-state index contributed by atoms with van der Waals surface area (Å²) in [6, 6.07) is 16.3. The van der Waals surface area contributed by atoms with Gasteiger partial charge in [-0.15, -0.1) is 0 Å². The average molecular weight is 323 g/mol. The predicted octanol–water partition coefficient (Wildman–Crippen LogP) is 1.59. The van der Waals surface area contributed by atoms with Gasteiger partial charge in [-0.05, 0) is 24.3 Å². The lowest BCUT2D eigenvalue weighted by molar-refractivity contribution is -0.123. The number of carbonyl (C=O) groups is 1. The summed E-state index contributed by atoms with van der Waals surface area (Å²) in [7, 11) is 0. The van der Waals surface area contributed by atoms with E-state index in [1.165, 1.54) is 10.9 Å². The number of amides is 1. The fourth-order valence-corrected chi connectivity index (χ4v) is 2.30. The summed E-state index contributed by atoms with van der Waals surface area (Å²) in [5.41, 5.74) is 0.550. The summed E-state index contributed by atoms with van der Waals surface area (Å²) in [5.74, 6) is 0.406. The first-order valence-electron chi connectivity index (χ1n) is 7.63. The molecule has 0 spiro atoms. The van der Waals surface area contributed by atoms with E-state index in [1.807, 2.05) is 24.3 Å². The zero-order valence-electron chi connectivity index (χ0n) is 13.0. The van der Waals surface area contributed by atoms with Crippen molar-refractivity contribution in [2.24, 2.45) is 0 Å². The van der Waals surface area contributed by atoms with Crippen molar-refractivity contribution in [3.8, 4) is 5.75 Å². The van der Waals surface area contributed by atoms with Gasteiger partial charge in [0.1, 0.15) is 5.75 Å². The van der Waals surface area contributed by atoms with E-state index in [0.717, 1.165) is 0 Å². The number of ether oxygens (including phenoxy) is 1. The van der Waals surface area contributed by atoms with Gasteiger partial charge in [-0.1, -0.05) is 30.3 Å². The summed E-state index contributed by atoms with van der Waals surface area (Å²) in [6.45, 7) is 0.625. The van der Waals surface area contributed by atoms with Gasteiger partial charge in [0.15, 0.2) is 6.61 Å². The Labute approximate surface area is 138 Å². The van der Waals surface area contributed by atoms with Gasteiger partial charge in [0.2, 0.25) is 0 Å². The lowest BCUT2D eigenvalue weighted by atomic mass is 10.2. The number of benzene rings is 2. The Morgan fingerprint density at radius 2 is 1.83 bits per heavy atom. The van der Waals surface area contributed by atoms with Crippen LogP contribution in [0.2, 0.25) is 0 Å². The number of hydrogen-bond donors (Lipinski definition) is 1. The minimum Gasteiger partial charge on any atom is -0.484 e. The molecule has 3 rings (SSSR count). The van der Waals surface area contributed by atoms with Gasteiger partial charge in [-0.25, -0.2) is 4.98 Å². The van der Waals surface area contributed by atoms with E-state index in [4.69, 9.17) is 4.74 Å². The van der Waals surface area contributed by atoms with Crippen LogP contribution in [0.3, 0.4) is 0 Å². The van der Waals surface area contributed by atoms with Gasteiger partial charge >= 0.3 is 0 Å². The third kappa shape index (κ3) is 3.78. The highest BCUT2D eigenvalue weighted by Gasteiger charge is 2.05. The second-order valence-corrected chi connectivity index (χ2v) is 5.21. The van der Waals surface area contributed by atoms with Gasteiger partial charge in [0.25, 0.3) is 11.5 Å². The SMILES string of the molecule is O=C(COc1ccccc1)NCCn1cnc2ccccc2c1=O. The van der Waals surface area contributed by atoms with Crippen LogP contribution in [0.4, 0.5) is 0 Å². The number of fused-ring (bicyclic) bond motifs is 1. The molecule has 0 bridgehead atoms. The van der Waals surface area contributed by atoms with Gasteiger partial charge < -0.3 is 10.1 Å². The van der Waals surface area contributed by atoms with Gasteiger partial charge in [0, 0.05) is 13.1 Å². The fraction of sp³-hybridized carbons (Fsp3) is 0.167. The Hall–Kier alpha value is -3.15. The van der Waals surface area contributed by atoms with Gasteiger partial charge in [-0.3, -0.25) is 14.2 Å². The molecule has 6 heteroatoms. The molecule has 0 saturated heterocycles. The van der Waals surface area contributed by atoms with Crippen LogP contribution in [0.25, 0.3) is 10.9 Å². The highest BCUT2D eigenvalue weighted by Crippen LogP contribution is 2.07. The third-order valence-electron chi connectivity index (χ3n) is 3.52.